The molecular weight excluding hydrogens is 340 g/mol. The summed E-state index contributed by atoms with van der Waals surface area (Å²) in [6, 6.07) is 5.52. The molecule has 0 spiro atoms. The number of nitrogens with zero attached hydrogens (tertiary/aromatic N) is 6. The van der Waals surface area contributed by atoms with E-state index in [0.717, 1.165) is 48.2 Å². The number of hydrogen-bond acceptors (Lipinski definition) is 5. The van der Waals surface area contributed by atoms with Crippen LogP contribution in [0.1, 0.15) is 36.2 Å². The fourth-order valence-corrected chi connectivity index (χ4v) is 2.98. The molecule has 0 unspecified atom stereocenters. The molecular formula is C17H19ClN6O. The Labute approximate surface area is 150 Å². The van der Waals surface area contributed by atoms with E-state index in [2.05, 4.69) is 10.2 Å². The van der Waals surface area contributed by atoms with Gasteiger partial charge in [-0.15, -0.1) is 10.2 Å². The minimum absolute atomic E-state index is 0.472. The molecule has 0 radical (unpaired) electrons. The first-order valence-corrected chi connectivity index (χ1v) is 8.66. The molecule has 0 N–H and O–H groups in total. The van der Waals surface area contributed by atoms with Gasteiger partial charge in [0.15, 0.2) is 5.82 Å². The second-order valence-electron chi connectivity index (χ2n) is 6.25. The molecule has 1 aliphatic carbocycles. The van der Waals surface area contributed by atoms with Gasteiger partial charge in [-0.1, -0.05) is 11.6 Å². The smallest absolute Gasteiger partial charge is 0.154 e. The van der Waals surface area contributed by atoms with Crippen molar-refractivity contribution in [2.75, 3.05) is 7.11 Å². The zero-order valence-corrected chi connectivity index (χ0v) is 14.9. The Hall–Kier alpha value is -2.41. The second kappa shape index (κ2) is 6.48. The largest absolute Gasteiger partial charge is 0.494 e. The number of benzene rings is 1. The van der Waals surface area contributed by atoms with Crippen LogP contribution in [0.5, 0.6) is 5.75 Å². The van der Waals surface area contributed by atoms with E-state index < -0.39 is 0 Å². The minimum Gasteiger partial charge on any atom is -0.494 e. The average Bonchev–Trinajstić information content (AvgIpc) is 3.25. The standard InChI is InChI=1S/C17H19ClN6O/c1-23-10-19-21-16(23)8-7-15-20-17(11-3-4-11)22-24(15)13-9-12(18)5-6-14(13)25-2/h5-6,9-11H,3-4,7-8H2,1-2H3. The summed E-state index contributed by atoms with van der Waals surface area (Å²) in [4.78, 5) is 4.78. The van der Waals surface area contributed by atoms with Crippen LogP contribution >= 0.6 is 11.6 Å². The predicted octanol–water partition coefficient (Wildman–Crippen LogP) is 2.72. The number of ether oxygens (including phenoxy) is 1. The molecule has 0 atom stereocenters. The summed E-state index contributed by atoms with van der Waals surface area (Å²) in [5, 5.41) is 13.5. The first kappa shape index (κ1) is 16.1. The maximum absolute atomic E-state index is 6.20. The van der Waals surface area contributed by atoms with Gasteiger partial charge in [0.2, 0.25) is 0 Å². The highest BCUT2D eigenvalue weighted by Crippen LogP contribution is 2.39. The van der Waals surface area contributed by atoms with Gasteiger partial charge in [-0.05, 0) is 31.0 Å². The van der Waals surface area contributed by atoms with E-state index in [4.69, 9.17) is 26.4 Å². The van der Waals surface area contributed by atoms with Crippen LogP contribution in [0.15, 0.2) is 24.5 Å². The van der Waals surface area contributed by atoms with Crippen LogP contribution in [0, 0.1) is 0 Å². The quantitative estimate of drug-likeness (QED) is 0.677. The van der Waals surface area contributed by atoms with Crippen LogP contribution < -0.4 is 4.74 Å². The highest BCUT2D eigenvalue weighted by atomic mass is 35.5. The fraction of sp³-hybridized carbons (Fsp3) is 0.412. The Morgan fingerprint density at radius 1 is 1.24 bits per heavy atom. The van der Waals surface area contributed by atoms with Crippen LogP contribution in [0.25, 0.3) is 5.69 Å². The monoisotopic (exact) mass is 358 g/mol. The summed E-state index contributed by atoms with van der Waals surface area (Å²) in [6.07, 6.45) is 5.46. The summed E-state index contributed by atoms with van der Waals surface area (Å²) in [7, 11) is 3.58. The molecule has 8 heteroatoms. The number of aryl methyl sites for hydroxylation is 3. The summed E-state index contributed by atoms with van der Waals surface area (Å²) >= 11 is 6.20. The van der Waals surface area contributed by atoms with Gasteiger partial charge < -0.3 is 9.30 Å². The van der Waals surface area contributed by atoms with E-state index in [0.29, 0.717) is 17.4 Å². The second-order valence-corrected chi connectivity index (χ2v) is 6.68. The molecule has 1 saturated carbocycles. The van der Waals surface area contributed by atoms with Gasteiger partial charge in [0, 0.05) is 30.8 Å². The van der Waals surface area contributed by atoms with E-state index in [1.54, 1.807) is 13.4 Å². The summed E-state index contributed by atoms with van der Waals surface area (Å²) in [5.41, 5.74) is 0.808. The molecule has 0 saturated heterocycles. The van der Waals surface area contributed by atoms with E-state index in [1.165, 1.54) is 0 Å². The molecule has 7 nitrogen and oxygen atoms in total. The predicted molar refractivity (Wildman–Crippen MR) is 93.3 cm³/mol. The average molecular weight is 359 g/mol. The van der Waals surface area contributed by atoms with Crippen LogP contribution in [0.3, 0.4) is 0 Å². The Balaban J connectivity index is 1.71. The highest BCUT2D eigenvalue weighted by molar-refractivity contribution is 6.30. The van der Waals surface area contributed by atoms with E-state index >= 15 is 0 Å². The molecule has 2 heterocycles. The van der Waals surface area contributed by atoms with Crippen molar-refractivity contribution in [3.8, 4) is 11.4 Å². The summed E-state index contributed by atoms with van der Waals surface area (Å²) in [6.45, 7) is 0. The lowest BCUT2D eigenvalue weighted by Crippen LogP contribution is -2.08. The molecule has 3 aromatic rings. The molecule has 0 amide bonds. The number of hydrogen-bond donors (Lipinski definition) is 0. The van der Waals surface area contributed by atoms with E-state index in [9.17, 15) is 0 Å². The van der Waals surface area contributed by atoms with Crippen molar-refractivity contribution < 1.29 is 4.74 Å². The molecule has 0 aliphatic heterocycles. The van der Waals surface area contributed by atoms with Crippen molar-refractivity contribution in [2.45, 2.75) is 31.6 Å². The Bertz CT molecular complexity index is 898. The number of halogens is 1. The minimum atomic E-state index is 0.472. The lowest BCUT2D eigenvalue weighted by Gasteiger charge is -2.11. The van der Waals surface area contributed by atoms with E-state index in [1.807, 2.05) is 34.5 Å². The first-order chi connectivity index (χ1) is 12.2. The van der Waals surface area contributed by atoms with Crippen molar-refractivity contribution in [1.82, 2.24) is 29.5 Å². The molecule has 1 aromatic carbocycles. The first-order valence-electron chi connectivity index (χ1n) is 8.28. The third kappa shape index (κ3) is 3.24. The normalized spacial score (nSPS) is 14.0. The molecule has 2 aromatic heterocycles. The van der Waals surface area contributed by atoms with Crippen LogP contribution in [-0.2, 0) is 19.9 Å². The Kier molecular flexibility index (Phi) is 4.17. The highest BCUT2D eigenvalue weighted by Gasteiger charge is 2.29. The van der Waals surface area contributed by atoms with Gasteiger partial charge >= 0.3 is 0 Å². The fourth-order valence-electron chi connectivity index (χ4n) is 2.82. The molecule has 1 fully saturated rings. The zero-order valence-electron chi connectivity index (χ0n) is 14.2. The third-order valence-electron chi connectivity index (χ3n) is 4.38. The van der Waals surface area contributed by atoms with Gasteiger partial charge in [0.25, 0.3) is 0 Å². The topological polar surface area (TPSA) is 70.7 Å². The molecule has 25 heavy (non-hydrogen) atoms. The maximum Gasteiger partial charge on any atom is 0.154 e. The van der Waals surface area contributed by atoms with Gasteiger partial charge in [0.05, 0.1) is 7.11 Å². The van der Waals surface area contributed by atoms with Crippen molar-refractivity contribution in [3.05, 3.63) is 47.0 Å². The number of aromatic nitrogens is 6. The lowest BCUT2D eigenvalue weighted by molar-refractivity contribution is 0.411. The van der Waals surface area contributed by atoms with Crippen molar-refractivity contribution in [1.29, 1.82) is 0 Å². The Morgan fingerprint density at radius 3 is 2.72 bits per heavy atom. The third-order valence-corrected chi connectivity index (χ3v) is 4.61. The molecule has 0 bridgehead atoms. The molecule has 4 rings (SSSR count). The summed E-state index contributed by atoms with van der Waals surface area (Å²) < 4.78 is 9.27. The number of methoxy groups -OCH3 is 1. The maximum atomic E-state index is 6.20. The summed E-state index contributed by atoms with van der Waals surface area (Å²) in [5.74, 6) is 3.89. The SMILES string of the molecule is COc1ccc(Cl)cc1-n1nc(C2CC2)nc1CCc1nncn1C. The van der Waals surface area contributed by atoms with E-state index in [-0.39, 0.29) is 0 Å². The molecule has 130 valence electrons. The van der Waals surface area contributed by atoms with Crippen molar-refractivity contribution in [3.63, 3.8) is 0 Å². The number of rotatable bonds is 6. The van der Waals surface area contributed by atoms with Crippen LogP contribution in [0.2, 0.25) is 5.02 Å². The van der Waals surface area contributed by atoms with Gasteiger partial charge in [-0.3, -0.25) is 0 Å². The molecule has 1 aliphatic rings. The Morgan fingerprint density at radius 2 is 2.04 bits per heavy atom. The van der Waals surface area contributed by atoms with Crippen molar-refractivity contribution >= 4 is 11.6 Å². The van der Waals surface area contributed by atoms with Crippen molar-refractivity contribution in [2.24, 2.45) is 7.05 Å². The lowest BCUT2D eigenvalue weighted by atomic mass is 10.2. The van der Waals surface area contributed by atoms with Gasteiger partial charge in [-0.2, -0.15) is 5.10 Å². The van der Waals surface area contributed by atoms with Crippen LogP contribution in [-0.4, -0.2) is 36.6 Å². The van der Waals surface area contributed by atoms with Gasteiger partial charge in [0.1, 0.15) is 29.4 Å². The zero-order chi connectivity index (χ0) is 17.4. The van der Waals surface area contributed by atoms with Crippen LogP contribution in [0.4, 0.5) is 0 Å². The van der Waals surface area contributed by atoms with Gasteiger partial charge in [-0.25, -0.2) is 9.67 Å².